The lowest BCUT2D eigenvalue weighted by atomic mass is 9.76. The van der Waals surface area contributed by atoms with E-state index in [1.807, 2.05) is 6.92 Å². The summed E-state index contributed by atoms with van der Waals surface area (Å²) in [7, 11) is 0. The first kappa shape index (κ1) is 21.3. The van der Waals surface area contributed by atoms with Crippen LogP contribution in [0.3, 0.4) is 0 Å². The molecule has 0 bridgehead atoms. The summed E-state index contributed by atoms with van der Waals surface area (Å²) in [6, 6.07) is 7.32. The zero-order valence-electron chi connectivity index (χ0n) is 17.3. The minimum atomic E-state index is -3.16. The Labute approximate surface area is 177 Å². The van der Waals surface area contributed by atoms with Crippen LogP contribution >= 0.6 is 0 Å². The predicted molar refractivity (Wildman–Crippen MR) is 108 cm³/mol. The molecule has 1 N–H and O–H groups in total. The number of carbonyl (C=O) groups excluding carboxylic acids is 1. The number of pyridine rings is 1. The molecule has 1 fully saturated rings. The number of ether oxygens (including phenoxy) is 2. The van der Waals surface area contributed by atoms with Gasteiger partial charge in [0.1, 0.15) is 23.2 Å². The quantitative estimate of drug-likeness (QED) is 0.788. The Balaban J connectivity index is 1.71. The fourth-order valence-corrected chi connectivity index (χ4v) is 4.12. The van der Waals surface area contributed by atoms with Gasteiger partial charge in [0.05, 0.1) is 19.1 Å². The van der Waals surface area contributed by atoms with Crippen molar-refractivity contribution >= 4 is 17.5 Å². The maximum atomic E-state index is 15.0. The smallest absolute Gasteiger partial charge is 0.274 e. The number of nitrogens with zero attached hydrogens (tertiary/aromatic N) is 2. The molecule has 1 amide bonds. The third-order valence-electron chi connectivity index (χ3n) is 5.62. The van der Waals surface area contributed by atoms with Gasteiger partial charge in [-0.05, 0) is 36.8 Å². The van der Waals surface area contributed by atoms with Gasteiger partial charge < -0.3 is 14.8 Å². The minimum Gasteiger partial charge on any atom is -0.481 e. The lowest BCUT2D eigenvalue weighted by Crippen LogP contribution is -2.47. The highest BCUT2D eigenvalue weighted by atomic mass is 19.3. The van der Waals surface area contributed by atoms with E-state index in [0.717, 1.165) is 12.5 Å². The van der Waals surface area contributed by atoms with E-state index >= 15 is 0 Å². The molecule has 31 heavy (non-hydrogen) atoms. The van der Waals surface area contributed by atoms with Gasteiger partial charge in [-0.2, -0.15) is 0 Å². The molecule has 1 saturated heterocycles. The number of aromatic nitrogens is 1. The molecular formula is C22H22F3N3O3. The second-order valence-electron chi connectivity index (χ2n) is 8.03. The fraction of sp³-hybridized carbons (Fsp3) is 0.409. The van der Waals surface area contributed by atoms with E-state index in [1.165, 1.54) is 18.2 Å². The number of aryl methyl sites for hydroxylation is 1. The molecule has 9 heteroatoms. The Bertz CT molecular complexity index is 1040. The lowest BCUT2D eigenvalue weighted by molar-refractivity contribution is -0.121. The average Bonchev–Trinajstić information content (AvgIpc) is 3.09. The Hall–Kier alpha value is -2.94. The molecule has 2 aliphatic heterocycles. The van der Waals surface area contributed by atoms with Gasteiger partial charge >= 0.3 is 0 Å². The SMILES string of the molecule is CC1=NC2(c3cc(NC(=O)c4ccc(C)cn4)ccc3F)COC(C(C)(F)F)C2CO1. The van der Waals surface area contributed by atoms with E-state index in [9.17, 15) is 18.0 Å². The van der Waals surface area contributed by atoms with Gasteiger partial charge in [-0.15, -0.1) is 0 Å². The van der Waals surface area contributed by atoms with Crippen molar-refractivity contribution in [3.05, 3.63) is 59.2 Å². The summed E-state index contributed by atoms with van der Waals surface area (Å²) in [5.41, 5.74) is 0.0909. The van der Waals surface area contributed by atoms with Crippen LogP contribution in [0.4, 0.5) is 18.9 Å². The molecule has 0 radical (unpaired) electrons. The average molecular weight is 433 g/mol. The van der Waals surface area contributed by atoms with E-state index in [2.05, 4.69) is 15.3 Å². The van der Waals surface area contributed by atoms with Crippen molar-refractivity contribution < 1.29 is 27.4 Å². The zero-order valence-corrected chi connectivity index (χ0v) is 17.3. The second-order valence-corrected chi connectivity index (χ2v) is 8.03. The Morgan fingerprint density at radius 2 is 2.03 bits per heavy atom. The molecule has 1 aromatic heterocycles. The summed E-state index contributed by atoms with van der Waals surface area (Å²) in [5, 5.41) is 2.68. The normalized spacial score (nSPS) is 25.4. The number of aliphatic imine (C=N–C) groups is 1. The first-order valence-corrected chi connectivity index (χ1v) is 9.83. The largest absolute Gasteiger partial charge is 0.481 e. The van der Waals surface area contributed by atoms with Crippen LogP contribution in [0.2, 0.25) is 0 Å². The van der Waals surface area contributed by atoms with Gasteiger partial charge in [-0.1, -0.05) is 6.07 Å². The number of benzene rings is 1. The molecule has 0 aliphatic carbocycles. The predicted octanol–water partition coefficient (Wildman–Crippen LogP) is 4.10. The van der Waals surface area contributed by atoms with Crippen LogP contribution in [0.1, 0.15) is 35.5 Å². The monoisotopic (exact) mass is 433 g/mol. The number of rotatable bonds is 4. The van der Waals surface area contributed by atoms with Crippen LogP contribution in [0.15, 0.2) is 41.5 Å². The summed E-state index contributed by atoms with van der Waals surface area (Å²) in [6.45, 7) is 3.90. The Morgan fingerprint density at radius 1 is 1.26 bits per heavy atom. The molecule has 2 aromatic rings. The van der Waals surface area contributed by atoms with Crippen LogP contribution in [-0.4, -0.2) is 42.0 Å². The highest BCUT2D eigenvalue weighted by Crippen LogP contribution is 2.50. The van der Waals surface area contributed by atoms with E-state index in [0.29, 0.717) is 5.69 Å². The number of alkyl halides is 2. The van der Waals surface area contributed by atoms with Crippen molar-refractivity contribution in [1.82, 2.24) is 4.98 Å². The van der Waals surface area contributed by atoms with Gasteiger partial charge in [0.25, 0.3) is 11.8 Å². The molecule has 3 heterocycles. The summed E-state index contributed by atoms with van der Waals surface area (Å²) in [4.78, 5) is 21.0. The first-order valence-electron chi connectivity index (χ1n) is 9.83. The summed E-state index contributed by atoms with van der Waals surface area (Å²) in [6.07, 6.45) is 0.0911. The molecule has 0 saturated carbocycles. The van der Waals surface area contributed by atoms with Gasteiger partial charge in [0.15, 0.2) is 5.90 Å². The number of amides is 1. The lowest BCUT2D eigenvalue weighted by Gasteiger charge is -2.37. The Morgan fingerprint density at radius 3 is 2.71 bits per heavy atom. The van der Waals surface area contributed by atoms with Crippen molar-refractivity contribution in [1.29, 1.82) is 0 Å². The standard InChI is InChI=1S/C22H22F3N3O3/c1-12-4-7-18(26-9-12)20(29)27-14-5-6-17(23)15(8-14)22-11-31-19(21(3,24)25)16(22)10-30-13(2)28-22/h4-9,16,19H,10-11H2,1-3H3,(H,27,29). The van der Waals surface area contributed by atoms with E-state index in [-0.39, 0.29) is 30.4 Å². The minimum absolute atomic E-state index is 0.0709. The topological polar surface area (TPSA) is 72.8 Å². The summed E-state index contributed by atoms with van der Waals surface area (Å²) in [5.74, 6) is -4.89. The van der Waals surface area contributed by atoms with E-state index in [4.69, 9.17) is 9.47 Å². The van der Waals surface area contributed by atoms with Gasteiger partial charge in [-0.3, -0.25) is 9.78 Å². The van der Waals surface area contributed by atoms with Gasteiger partial charge in [-0.25, -0.2) is 18.2 Å². The number of hydrogen-bond acceptors (Lipinski definition) is 5. The molecule has 0 spiro atoms. The zero-order chi connectivity index (χ0) is 22.4. The third kappa shape index (κ3) is 3.89. The number of fused-ring (bicyclic) bond motifs is 1. The fourth-order valence-electron chi connectivity index (χ4n) is 4.12. The number of halogens is 3. The maximum Gasteiger partial charge on any atom is 0.274 e. The van der Waals surface area contributed by atoms with Crippen molar-refractivity contribution in [3.63, 3.8) is 0 Å². The van der Waals surface area contributed by atoms with Gasteiger partial charge in [0, 0.05) is 31.3 Å². The molecule has 3 unspecified atom stereocenters. The van der Waals surface area contributed by atoms with Crippen LogP contribution in [0.25, 0.3) is 0 Å². The maximum absolute atomic E-state index is 15.0. The highest BCUT2D eigenvalue weighted by molar-refractivity contribution is 6.02. The Kier molecular flexibility index (Phi) is 5.25. The van der Waals surface area contributed by atoms with Crippen molar-refractivity contribution in [2.45, 2.75) is 38.3 Å². The van der Waals surface area contributed by atoms with E-state index < -0.39 is 35.2 Å². The van der Waals surface area contributed by atoms with E-state index in [1.54, 1.807) is 25.3 Å². The van der Waals surface area contributed by atoms with Gasteiger partial charge in [0.2, 0.25) is 0 Å². The van der Waals surface area contributed by atoms with Crippen molar-refractivity contribution in [3.8, 4) is 0 Å². The molecule has 2 aliphatic rings. The van der Waals surface area contributed by atoms with Crippen molar-refractivity contribution in [2.75, 3.05) is 18.5 Å². The molecule has 4 rings (SSSR count). The molecule has 6 nitrogen and oxygen atoms in total. The highest BCUT2D eigenvalue weighted by Gasteiger charge is 2.60. The van der Waals surface area contributed by atoms with Crippen LogP contribution in [0.5, 0.6) is 0 Å². The molecule has 164 valence electrons. The van der Waals surface area contributed by atoms with Crippen molar-refractivity contribution in [2.24, 2.45) is 10.9 Å². The number of hydrogen-bond donors (Lipinski definition) is 1. The first-order chi connectivity index (χ1) is 14.6. The number of nitrogens with one attached hydrogen (secondary N) is 1. The van der Waals surface area contributed by atoms with Crippen LogP contribution in [-0.2, 0) is 15.0 Å². The summed E-state index contributed by atoms with van der Waals surface area (Å²) >= 11 is 0. The second kappa shape index (κ2) is 7.64. The number of carbonyl (C=O) groups is 1. The van der Waals surface area contributed by atoms with Crippen LogP contribution in [0, 0.1) is 18.7 Å². The number of anilines is 1. The molecule has 1 aromatic carbocycles. The molecular weight excluding hydrogens is 411 g/mol. The third-order valence-corrected chi connectivity index (χ3v) is 5.62. The van der Waals surface area contributed by atoms with Crippen LogP contribution < -0.4 is 5.32 Å². The molecule has 3 atom stereocenters. The summed E-state index contributed by atoms with van der Waals surface area (Å²) < 4.78 is 54.1.